The van der Waals surface area contributed by atoms with Gasteiger partial charge in [0.15, 0.2) is 0 Å². The average molecular weight is 192 g/mol. The maximum atomic E-state index is 10.4. The van der Waals surface area contributed by atoms with Gasteiger partial charge in [-0.15, -0.1) is 0 Å². The summed E-state index contributed by atoms with van der Waals surface area (Å²) in [6, 6.07) is -0.641. The lowest BCUT2D eigenvalue weighted by Gasteiger charge is -1.99. The Bertz CT molecular complexity index is 162. The van der Waals surface area contributed by atoms with Gasteiger partial charge in [-0.05, 0) is 6.42 Å². The van der Waals surface area contributed by atoms with Gasteiger partial charge in [-0.25, -0.2) is 4.79 Å². The Balaban J connectivity index is -0.000000270. The van der Waals surface area contributed by atoms with Gasteiger partial charge >= 0.3 is 5.97 Å². The zero-order valence-electron chi connectivity index (χ0n) is 6.33. The molecular formula is C5H11AlNO5. The Morgan fingerprint density at radius 1 is 1.50 bits per heavy atom. The van der Waals surface area contributed by atoms with E-state index in [0.717, 1.165) is 0 Å². The zero-order chi connectivity index (χ0) is 6.85. The van der Waals surface area contributed by atoms with E-state index in [2.05, 4.69) is 5.32 Å². The molecule has 1 heterocycles. The van der Waals surface area contributed by atoms with Crippen molar-refractivity contribution in [2.75, 3.05) is 0 Å². The quantitative estimate of drug-likeness (QED) is 0.439. The molecule has 0 aromatic rings. The van der Waals surface area contributed by atoms with Crippen LogP contribution in [-0.4, -0.2) is 51.3 Å². The maximum absolute atomic E-state index is 10.4. The van der Waals surface area contributed by atoms with E-state index >= 15 is 0 Å². The number of rotatable bonds is 1. The largest absolute Gasteiger partial charge is 0.480 e. The van der Waals surface area contributed by atoms with Crippen LogP contribution in [0.3, 0.4) is 0 Å². The van der Waals surface area contributed by atoms with Crippen LogP contribution >= 0.6 is 0 Å². The number of carbonyl (C=O) groups excluding carboxylic acids is 1. The van der Waals surface area contributed by atoms with Gasteiger partial charge in [-0.2, -0.15) is 0 Å². The number of hydrogen-bond acceptors (Lipinski definition) is 2. The van der Waals surface area contributed by atoms with Gasteiger partial charge in [0.05, 0.1) is 0 Å². The highest BCUT2D eigenvalue weighted by Crippen LogP contribution is 2.05. The van der Waals surface area contributed by atoms with Gasteiger partial charge in [0, 0.05) is 23.8 Å². The van der Waals surface area contributed by atoms with Gasteiger partial charge in [0.25, 0.3) is 0 Å². The molecule has 0 bridgehead atoms. The van der Waals surface area contributed by atoms with Gasteiger partial charge in [-0.3, -0.25) is 4.79 Å². The predicted octanol–water partition coefficient (Wildman–Crippen LogP) is -2.68. The van der Waals surface area contributed by atoms with Gasteiger partial charge in [0.1, 0.15) is 6.04 Å². The molecule has 1 aliphatic heterocycles. The normalized spacial score (nSPS) is 19.3. The van der Waals surface area contributed by atoms with E-state index in [1.54, 1.807) is 0 Å². The van der Waals surface area contributed by atoms with E-state index in [0.29, 0.717) is 12.8 Å². The standard InChI is InChI=1S/C5H7NO3.Al.2H2O/c7-4-2-1-3(6-4)5(8)9;;;/h3H,1-2H2,(H,6,7)(H,8,9);;2*1H2. The minimum atomic E-state index is -0.944. The number of carbonyl (C=O) groups is 2. The molecule has 1 aliphatic rings. The minimum Gasteiger partial charge on any atom is -0.480 e. The molecular weight excluding hydrogens is 181 g/mol. The van der Waals surface area contributed by atoms with Crippen molar-refractivity contribution in [1.82, 2.24) is 5.32 Å². The molecule has 3 radical (unpaired) electrons. The second kappa shape index (κ2) is 7.06. The summed E-state index contributed by atoms with van der Waals surface area (Å²) in [6.07, 6.45) is 0.769. The van der Waals surface area contributed by atoms with Crippen LogP contribution in [0.15, 0.2) is 0 Å². The molecule has 0 aromatic heterocycles. The van der Waals surface area contributed by atoms with Crippen molar-refractivity contribution in [3.8, 4) is 0 Å². The van der Waals surface area contributed by atoms with Crippen LogP contribution in [0, 0.1) is 0 Å². The van der Waals surface area contributed by atoms with Crippen LogP contribution in [0.2, 0.25) is 0 Å². The zero-order valence-corrected chi connectivity index (χ0v) is 7.49. The number of nitrogens with one attached hydrogen (secondary N) is 1. The summed E-state index contributed by atoms with van der Waals surface area (Å²) in [4.78, 5) is 20.5. The fourth-order valence-electron chi connectivity index (χ4n) is 0.799. The molecule has 1 fully saturated rings. The molecule has 69 valence electrons. The van der Waals surface area contributed by atoms with Crippen LogP contribution in [0.5, 0.6) is 0 Å². The van der Waals surface area contributed by atoms with Crippen molar-refractivity contribution in [1.29, 1.82) is 0 Å². The average Bonchev–Trinajstić information content (AvgIpc) is 2.14. The minimum absolute atomic E-state index is 0. The van der Waals surface area contributed by atoms with E-state index in [4.69, 9.17) is 5.11 Å². The highest BCUT2D eigenvalue weighted by atomic mass is 27.0. The van der Waals surface area contributed by atoms with Crippen molar-refractivity contribution in [2.45, 2.75) is 18.9 Å². The Morgan fingerprint density at radius 3 is 2.17 bits per heavy atom. The highest BCUT2D eigenvalue weighted by Gasteiger charge is 2.26. The Hall–Kier alpha value is -0.608. The highest BCUT2D eigenvalue weighted by molar-refractivity contribution is 5.87. The maximum Gasteiger partial charge on any atom is 0.326 e. The molecule has 0 spiro atoms. The van der Waals surface area contributed by atoms with E-state index < -0.39 is 12.0 Å². The second-order valence-electron chi connectivity index (χ2n) is 2.00. The third-order valence-corrected chi connectivity index (χ3v) is 1.29. The fraction of sp³-hybridized carbons (Fsp3) is 0.600. The lowest BCUT2D eigenvalue weighted by molar-refractivity contribution is -0.140. The lowest BCUT2D eigenvalue weighted by Crippen LogP contribution is -2.32. The molecule has 7 heteroatoms. The van der Waals surface area contributed by atoms with E-state index in [1.807, 2.05) is 0 Å². The monoisotopic (exact) mass is 192 g/mol. The van der Waals surface area contributed by atoms with Crippen molar-refractivity contribution >= 4 is 29.2 Å². The molecule has 0 aromatic carbocycles. The van der Waals surface area contributed by atoms with Crippen LogP contribution in [-0.2, 0) is 9.59 Å². The molecule has 1 amide bonds. The molecule has 1 atom stereocenters. The smallest absolute Gasteiger partial charge is 0.326 e. The first-order valence-electron chi connectivity index (χ1n) is 2.72. The lowest BCUT2D eigenvalue weighted by atomic mass is 10.2. The molecule has 0 aliphatic carbocycles. The number of amides is 1. The number of aliphatic carboxylic acids is 1. The predicted molar refractivity (Wildman–Crippen MR) is 41.8 cm³/mol. The molecule has 1 unspecified atom stereocenters. The van der Waals surface area contributed by atoms with Crippen LogP contribution in [0.25, 0.3) is 0 Å². The van der Waals surface area contributed by atoms with Crippen LogP contribution < -0.4 is 5.32 Å². The first kappa shape index (κ1) is 17.5. The number of hydrogen-bond donors (Lipinski definition) is 2. The van der Waals surface area contributed by atoms with Gasteiger partial charge < -0.3 is 21.4 Å². The van der Waals surface area contributed by atoms with Crippen LogP contribution in [0.4, 0.5) is 0 Å². The Morgan fingerprint density at radius 2 is 2.00 bits per heavy atom. The third-order valence-electron chi connectivity index (χ3n) is 1.29. The second-order valence-corrected chi connectivity index (χ2v) is 2.00. The summed E-state index contributed by atoms with van der Waals surface area (Å²) in [6.45, 7) is 0. The number of carboxylic acids is 1. The van der Waals surface area contributed by atoms with Crippen LogP contribution in [0.1, 0.15) is 12.8 Å². The van der Waals surface area contributed by atoms with E-state index in [1.165, 1.54) is 0 Å². The topological polar surface area (TPSA) is 129 Å². The molecule has 6 nitrogen and oxygen atoms in total. The van der Waals surface area contributed by atoms with E-state index in [-0.39, 0.29) is 34.2 Å². The third kappa shape index (κ3) is 4.31. The Kier molecular flexibility index (Phi) is 10.3. The first-order chi connectivity index (χ1) is 4.20. The summed E-state index contributed by atoms with van der Waals surface area (Å²) in [5.41, 5.74) is 0. The Labute approximate surface area is 79.7 Å². The summed E-state index contributed by atoms with van der Waals surface area (Å²) < 4.78 is 0. The molecule has 1 saturated heterocycles. The molecule has 1 rings (SSSR count). The fourth-order valence-corrected chi connectivity index (χ4v) is 0.799. The molecule has 6 N–H and O–H groups in total. The van der Waals surface area contributed by atoms with Crippen molar-refractivity contribution in [3.63, 3.8) is 0 Å². The van der Waals surface area contributed by atoms with Crippen molar-refractivity contribution in [3.05, 3.63) is 0 Å². The van der Waals surface area contributed by atoms with Gasteiger partial charge in [-0.1, -0.05) is 0 Å². The summed E-state index contributed by atoms with van der Waals surface area (Å²) in [7, 11) is 0. The van der Waals surface area contributed by atoms with E-state index in [9.17, 15) is 9.59 Å². The molecule has 0 saturated carbocycles. The summed E-state index contributed by atoms with van der Waals surface area (Å²) in [5, 5.41) is 10.6. The van der Waals surface area contributed by atoms with Gasteiger partial charge in [0.2, 0.25) is 5.91 Å². The number of carboxylic acid groups (broad SMARTS) is 1. The molecule has 12 heavy (non-hydrogen) atoms. The SMILES string of the molecule is O.O.O=C1CCC(C(=O)O)N1.[Al]. The van der Waals surface area contributed by atoms with Crippen molar-refractivity contribution in [2.24, 2.45) is 0 Å². The summed E-state index contributed by atoms with van der Waals surface area (Å²) >= 11 is 0. The first-order valence-corrected chi connectivity index (χ1v) is 2.72. The van der Waals surface area contributed by atoms with Crippen molar-refractivity contribution < 1.29 is 25.6 Å². The summed E-state index contributed by atoms with van der Waals surface area (Å²) in [5.74, 6) is -1.11.